The van der Waals surface area contributed by atoms with Crippen molar-refractivity contribution in [1.29, 1.82) is 0 Å². The van der Waals surface area contributed by atoms with Gasteiger partial charge in [-0.05, 0) is 18.9 Å². The molecule has 0 radical (unpaired) electrons. The molecule has 1 saturated heterocycles. The minimum absolute atomic E-state index is 0.217. The normalized spacial score (nSPS) is 23.5. The van der Waals surface area contributed by atoms with E-state index in [1.165, 1.54) is 6.08 Å². The molecule has 1 aliphatic rings. The first kappa shape index (κ1) is 9.38. The van der Waals surface area contributed by atoms with Crippen LogP contribution in [0, 0.1) is 0 Å². The first-order valence-corrected chi connectivity index (χ1v) is 3.93. The lowest BCUT2D eigenvalue weighted by Gasteiger charge is -2.02. The molecule has 0 aliphatic carbocycles. The van der Waals surface area contributed by atoms with Gasteiger partial charge in [0.25, 0.3) is 0 Å². The molecular formula is C8H12O4. The topological polar surface area (TPSA) is 44.8 Å². The molecule has 1 unspecified atom stereocenters. The molecule has 1 atom stereocenters. The number of hydrogen-bond donors (Lipinski definition) is 0. The Kier molecular flexibility index (Phi) is 4.60. The van der Waals surface area contributed by atoms with Crippen molar-refractivity contribution in [3.05, 3.63) is 12.2 Å². The van der Waals surface area contributed by atoms with Gasteiger partial charge in [0.2, 0.25) is 0 Å². The van der Waals surface area contributed by atoms with Crippen LogP contribution in [0.5, 0.6) is 0 Å². The van der Waals surface area contributed by atoms with Crippen LogP contribution in [0.4, 0.5) is 0 Å². The van der Waals surface area contributed by atoms with E-state index in [2.05, 4.69) is 4.89 Å². The highest BCUT2D eigenvalue weighted by Crippen LogP contribution is 2.12. The summed E-state index contributed by atoms with van der Waals surface area (Å²) in [5.74, 6) is 0. The van der Waals surface area contributed by atoms with E-state index >= 15 is 0 Å². The maximum atomic E-state index is 9.87. The van der Waals surface area contributed by atoms with Crippen molar-refractivity contribution in [3.63, 3.8) is 0 Å². The summed E-state index contributed by atoms with van der Waals surface area (Å²) in [4.78, 5) is 19.2. The largest absolute Gasteiger partial charge is 0.320 e. The van der Waals surface area contributed by atoms with E-state index in [0.717, 1.165) is 25.5 Å². The zero-order valence-electron chi connectivity index (χ0n) is 6.77. The van der Waals surface area contributed by atoms with Gasteiger partial charge in [-0.25, -0.2) is 9.78 Å². The van der Waals surface area contributed by atoms with E-state index in [9.17, 15) is 4.79 Å². The summed E-state index contributed by atoms with van der Waals surface area (Å²) >= 11 is 0. The minimum atomic E-state index is -0.227. The first-order valence-electron chi connectivity index (χ1n) is 3.93. The number of rotatable bonds is 5. The van der Waals surface area contributed by atoms with Crippen LogP contribution in [0.15, 0.2) is 12.2 Å². The average molecular weight is 172 g/mol. The quantitative estimate of drug-likeness (QED) is 0.270. The molecule has 0 saturated carbocycles. The molecule has 0 aromatic carbocycles. The Balaban J connectivity index is 1.94. The molecule has 4 heteroatoms. The predicted octanol–water partition coefficient (Wildman–Crippen LogP) is 1.17. The van der Waals surface area contributed by atoms with Crippen molar-refractivity contribution in [3.8, 4) is 0 Å². The van der Waals surface area contributed by atoms with Crippen LogP contribution in [0.25, 0.3) is 0 Å². The number of carbonyl (C=O) groups is 1. The molecule has 0 aromatic rings. The molecule has 0 spiro atoms. The maximum Gasteiger partial charge on any atom is 0.194 e. The van der Waals surface area contributed by atoms with Gasteiger partial charge >= 0.3 is 0 Å². The van der Waals surface area contributed by atoms with Crippen LogP contribution in [-0.4, -0.2) is 19.4 Å². The fraction of sp³-hybridized carbons (Fsp3) is 0.625. The maximum absolute atomic E-state index is 9.87. The molecule has 1 fully saturated rings. The highest BCUT2D eigenvalue weighted by atomic mass is 17.3. The Morgan fingerprint density at radius 3 is 3.08 bits per heavy atom. The second-order valence-electron chi connectivity index (χ2n) is 2.42. The fourth-order valence-electron chi connectivity index (χ4n) is 0.921. The van der Waals surface area contributed by atoms with Gasteiger partial charge in [0.1, 0.15) is 6.29 Å². The molecule has 1 rings (SSSR count). The third-order valence-corrected chi connectivity index (χ3v) is 1.50. The number of ether oxygens (including phenoxy) is 1. The standard InChI is InChI=1S/C8H12O4/c9-6-4-2-1-3-5-8-10-7-11-12-8/h2,4,6,8H,1,3,5,7H2/b4-2-. The zero-order valence-corrected chi connectivity index (χ0v) is 6.77. The van der Waals surface area contributed by atoms with E-state index in [-0.39, 0.29) is 13.1 Å². The molecule has 0 aromatic heterocycles. The van der Waals surface area contributed by atoms with Crippen LogP contribution in [-0.2, 0) is 19.3 Å². The summed E-state index contributed by atoms with van der Waals surface area (Å²) in [6, 6.07) is 0. The van der Waals surface area contributed by atoms with Crippen LogP contribution < -0.4 is 0 Å². The number of carbonyl (C=O) groups excluding carboxylic acids is 1. The van der Waals surface area contributed by atoms with Crippen molar-refractivity contribution in [2.75, 3.05) is 6.79 Å². The Hall–Kier alpha value is -0.710. The summed E-state index contributed by atoms with van der Waals surface area (Å²) in [5, 5.41) is 0. The van der Waals surface area contributed by atoms with Gasteiger partial charge < -0.3 is 4.74 Å². The highest BCUT2D eigenvalue weighted by Gasteiger charge is 2.15. The van der Waals surface area contributed by atoms with Gasteiger partial charge in [-0.3, -0.25) is 4.79 Å². The second kappa shape index (κ2) is 5.88. The summed E-state index contributed by atoms with van der Waals surface area (Å²) in [5.41, 5.74) is 0. The van der Waals surface area contributed by atoms with E-state index in [0.29, 0.717) is 0 Å². The van der Waals surface area contributed by atoms with Crippen LogP contribution in [0.2, 0.25) is 0 Å². The summed E-state index contributed by atoms with van der Waals surface area (Å²) < 4.78 is 5.02. The molecule has 0 amide bonds. The Labute approximate surface area is 71.0 Å². The average Bonchev–Trinajstić information content (AvgIpc) is 2.57. The fourth-order valence-corrected chi connectivity index (χ4v) is 0.921. The second-order valence-corrected chi connectivity index (χ2v) is 2.42. The minimum Gasteiger partial charge on any atom is -0.320 e. The van der Waals surface area contributed by atoms with E-state index < -0.39 is 0 Å². The number of aldehydes is 1. The van der Waals surface area contributed by atoms with Gasteiger partial charge in [-0.15, -0.1) is 0 Å². The Morgan fingerprint density at radius 1 is 1.50 bits per heavy atom. The van der Waals surface area contributed by atoms with Gasteiger partial charge in [-0.2, -0.15) is 0 Å². The van der Waals surface area contributed by atoms with E-state index in [1.54, 1.807) is 0 Å². The van der Waals surface area contributed by atoms with Crippen molar-refractivity contribution < 1.29 is 19.3 Å². The molecular weight excluding hydrogens is 160 g/mol. The van der Waals surface area contributed by atoms with E-state index in [4.69, 9.17) is 9.62 Å². The predicted molar refractivity (Wildman–Crippen MR) is 41.0 cm³/mol. The number of allylic oxidation sites excluding steroid dienone is 2. The molecule has 68 valence electrons. The molecule has 1 heterocycles. The molecule has 12 heavy (non-hydrogen) atoms. The third kappa shape index (κ3) is 3.61. The first-order chi connectivity index (χ1) is 5.93. The molecule has 4 nitrogen and oxygen atoms in total. The van der Waals surface area contributed by atoms with Gasteiger partial charge in [0.05, 0.1) is 0 Å². The summed E-state index contributed by atoms with van der Waals surface area (Å²) in [6.07, 6.45) is 6.44. The molecule has 1 aliphatic heterocycles. The van der Waals surface area contributed by atoms with Crippen molar-refractivity contribution in [2.24, 2.45) is 0 Å². The van der Waals surface area contributed by atoms with Crippen molar-refractivity contribution >= 4 is 6.29 Å². The van der Waals surface area contributed by atoms with Crippen LogP contribution in [0.3, 0.4) is 0 Å². The Morgan fingerprint density at radius 2 is 2.42 bits per heavy atom. The van der Waals surface area contributed by atoms with Gasteiger partial charge in [0, 0.05) is 6.42 Å². The Bertz CT molecular complexity index is 149. The lowest BCUT2D eigenvalue weighted by molar-refractivity contribution is -0.277. The van der Waals surface area contributed by atoms with E-state index in [1.807, 2.05) is 6.08 Å². The van der Waals surface area contributed by atoms with Gasteiger partial charge in [0.15, 0.2) is 13.1 Å². The van der Waals surface area contributed by atoms with Crippen LogP contribution >= 0.6 is 0 Å². The lowest BCUT2D eigenvalue weighted by Crippen LogP contribution is -2.06. The van der Waals surface area contributed by atoms with Crippen molar-refractivity contribution in [1.82, 2.24) is 0 Å². The SMILES string of the molecule is O=C/C=C\CCCC1OCOO1. The number of hydrogen-bond acceptors (Lipinski definition) is 4. The summed E-state index contributed by atoms with van der Waals surface area (Å²) in [7, 11) is 0. The number of unbranched alkanes of at least 4 members (excludes halogenated alkanes) is 1. The zero-order chi connectivity index (χ0) is 8.65. The molecule has 0 N–H and O–H groups in total. The highest BCUT2D eigenvalue weighted by molar-refractivity contribution is 5.64. The van der Waals surface area contributed by atoms with Crippen LogP contribution in [0.1, 0.15) is 19.3 Å². The lowest BCUT2D eigenvalue weighted by atomic mass is 10.2. The van der Waals surface area contributed by atoms with Crippen molar-refractivity contribution in [2.45, 2.75) is 25.6 Å². The smallest absolute Gasteiger partial charge is 0.194 e. The monoisotopic (exact) mass is 172 g/mol. The third-order valence-electron chi connectivity index (χ3n) is 1.50. The van der Waals surface area contributed by atoms with Gasteiger partial charge in [-0.1, -0.05) is 6.08 Å². The molecule has 0 bridgehead atoms. The summed E-state index contributed by atoms with van der Waals surface area (Å²) in [6.45, 7) is 0.217.